The lowest BCUT2D eigenvalue weighted by molar-refractivity contribution is 0.128. The number of rotatable bonds is 6. The van der Waals surface area contributed by atoms with Gasteiger partial charge in [0.25, 0.3) is 0 Å². The fourth-order valence-corrected chi connectivity index (χ4v) is 1.58. The lowest BCUT2D eigenvalue weighted by Gasteiger charge is -2.08. The van der Waals surface area contributed by atoms with E-state index in [1.54, 1.807) is 10.9 Å². The van der Waals surface area contributed by atoms with E-state index in [0.29, 0.717) is 24.9 Å². The van der Waals surface area contributed by atoms with Crippen molar-refractivity contribution in [2.24, 2.45) is 7.05 Å². The van der Waals surface area contributed by atoms with E-state index in [1.165, 1.54) is 0 Å². The summed E-state index contributed by atoms with van der Waals surface area (Å²) in [5.41, 5.74) is 0.880. The van der Waals surface area contributed by atoms with Crippen molar-refractivity contribution in [3.05, 3.63) is 24.3 Å². The molecule has 2 aromatic heterocycles. The summed E-state index contributed by atoms with van der Waals surface area (Å²) in [5.74, 6) is 2.10. The molecule has 0 aromatic carbocycles. The molecular weight excluding hydrogens is 244 g/mol. The molecule has 0 fully saturated rings. The van der Waals surface area contributed by atoms with E-state index in [4.69, 9.17) is 4.74 Å². The topological polar surface area (TPSA) is 76.9 Å². The van der Waals surface area contributed by atoms with Crippen LogP contribution in [-0.4, -0.2) is 33.4 Å². The van der Waals surface area contributed by atoms with Crippen molar-refractivity contribution in [1.29, 1.82) is 0 Å². The summed E-state index contributed by atoms with van der Waals surface area (Å²) in [7, 11) is 3.69. The lowest BCUT2D eigenvalue weighted by atomic mass is 10.4. The Morgan fingerprint density at radius 3 is 2.74 bits per heavy atom. The van der Waals surface area contributed by atoms with Gasteiger partial charge in [-0.1, -0.05) is 0 Å². The first kappa shape index (κ1) is 13.3. The maximum Gasteiger partial charge on any atom is 0.158 e. The highest BCUT2D eigenvalue weighted by atomic mass is 16.5. The van der Waals surface area contributed by atoms with E-state index in [9.17, 15) is 0 Å². The lowest BCUT2D eigenvalue weighted by Crippen LogP contribution is -2.05. The zero-order valence-corrected chi connectivity index (χ0v) is 11.3. The summed E-state index contributed by atoms with van der Waals surface area (Å²) in [4.78, 5) is 8.73. The Labute approximate surface area is 112 Å². The molecule has 0 radical (unpaired) electrons. The van der Waals surface area contributed by atoms with Crippen molar-refractivity contribution in [2.45, 2.75) is 13.5 Å². The van der Waals surface area contributed by atoms with E-state index < -0.39 is 0 Å². The Hall–Kier alpha value is -2.15. The van der Waals surface area contributed by atoms with Gasteiger partial charge < -0.3 is 15.4 Å². The first-order valence-electron chi connectivity index (χ1n) is 6.10. The fourth-order valence-electron chi connectivity index (χ4n) is 1.58. The van der Waals surface area contributed by atoms with Crippen molar-refractivity contribution >= 4 is 17.3 Å². The number of nitrogens with zero attached hydrogens (tertiary/aromatic N) is 4. The Kier molecular flexibility index (Phi) is 4.30. The van der Waals surface area contributed by atoms with Crippen molar-refractivity contribution in [1.82, 2.24) is 19.7 Å². The number of hydrogen-bond donors (Lipinski definition) is 2. The summed E-state index contributed by atoms with van der Waals surface area (Å²) in [5, 5.41) is 10.3. The van der Waals surface area contributed by atoms with Gasteiger partial charge in [0.2, 0.25) is 0 Å². The van der Waals surface area contributed by atoms with E-state index in [0.717, 1.165) is 11.5 Å². The maximum absolute atomic E-state index is 5.33. The van der Waals surface area contributed by atoms with Crippen LogP contribution in [-0.2, 0) is 18.4 Å². The van der Waals surface area contributed by atoms with Crippen molar-refractivity contribution in [2.75, 3.05) is 24.3 Å². The maximum atomic E-state index is 5.33. The van der Waals surface area contributed by atoms with E-state index in [2.05, 4.69) is 25.7 Å². The van der Waals surface area contributed by atoms with Gasteiger partial charge in [-0.2, -0.15) is 5.10 Å². The van der Waals surface area contributed by atoms with E-state index in [1.807, 2.05) is 33.3 Å². The quantitative estimate of drug-likeness (QED) is 0.822. The third kappa shape index (κ3) is 3.65. The number of nitrogens with one attached hydrogen (secondary N) is 2. The van der Waals surface area contributed by atoms with Gasteiger partial charge in [-0.05, 0) is 6.92 Å². The van der Waals surface area contributed by atoms with Crippen LogP contribution in [0.4, 0.5) is 17.3 Å². The number of hydrogen-bond acceptors (Lipinski definition) is 6. The second-order valence-electron chi connectivity index (χ2n) is 3.97. The average Bonchev–Trinajstić information content (AvgIpc) is 2.81. The molecule has 0 unspecified atom stereocenters. The van der Waals surface area contributed by atoms with Gasteiger partial charge in [0, 0.05) is 33.0 Å². The van der Waals surface area contributed by atoms with Gasteiger partial charge in [0.1, 0.15) is 18.2 Å². The Morgan fingerprint density at radius 1 is 1.32 bits per heavy atom. The van der Waals surface area contributed by atoms with Crippen LogP contribution < -0.4 is 10.6 Å². The SMILES string of the molecule is CCOCc1nc(NC)cc(Nc2cnn(C)c2)n1. The molecule has 19 heavy (non-hydrogen) atoms. The molecule has 0 aliphatic heterocycles. The molecule has 0 spiro atoms. The van der Waals surface area contributed by atoms with Crippen molar-refractivity contribution < 1.29 is 4.74 Å². The molecule has 0 saturated heterocycles. The zero-order valence-electron chi connectivity index (χ0n) is 11.3. The van der Waals surface area contributed by atoms with Gasteiger partial charge in [0.15, 0.2) is 5.82 Å². The molecule has 0 bridgehead atoms. The molecule has 0 saturated carbocycles. The van der Waals surface area contributed by atoms with Crippen LogP contribution in [0.1, 0.15) is 12.7 Å². The van der Waals surface area contributed by atoms with Gasteiger partial charge in [-0.3, -0.25) is 4.68 Å². The van der Waals surface area contributed by atoms with Crippen LogP contribution in [0.15, 0.2) is 18.5 Å². The van der Waals surface area contributed by atoms with Gasteiger partial charge in [0.05, 0.1) is 11.9 Å². The molecule has 0 aliphatic carbocycles. The van der Waals surface area contributed by atoms with Crippen LogP contribution in [0, 0.1) is 0 Å². The number of anilines is 3. The van der Waals surface area contributed by atoms with Crippen molar-refractivity contribution in [3.63, 3.8) is 0 Å². The van der Waals surface area contributed by atoms with Crippen LogP contribution in [0.5, 0.6) is 0 Å². The summed E-state index contributed by atoms with van der Waals surface area (Å²) in [6, 6.07) is 1.84. The predicted molar refractivity (Wildman–Crippen MR) is 73.4 cm³/mol. The largest absolute Gasteiger partial charge is 0.374 e. The minimum absolute atomic E-state index is 0.397. The van der Waals surface area contributed by atoms with Crippen LogP contribution in [0.25, 0.3) is 0 Å². The highest BCUT2D eigenvalue weighted by molar-refractivity contribution is 5.57. The zero-order chi connectivity index (χ0) is 13.7. The Bertz CT molecular complexity index is 539. The fraction of sp³-hybridized carbons (Fsp3) is 0.417. The third-order valence-corrected chi connectivity index (χ3v) is 2.44. The molecule has 2 N–H and O–H groups in total. The van der Waals surface area contributed by atoms with Crippen LogP contribution in [0.2, 0.25) is 0 Å². The standard InChI is InChI=1S/C12H18N6O/c1-4-19-8-12-16-10(13-2)5-11(17-12)15-9-6-14-18(3)7-9/h5-7H,4,8H2,1-3H3,(H2,13,15,16,17). The normalized spacial score (nSPS) is 10.5. The second kappa shape index (κ2) is 6.14. The molecule has 0 aliphatic rings. The highest BCUT2D eigenvalue weighted by Gasteiger charge is 2.05. The van der Waals surface area contributed by atoms with Crippen LogP contribution >= 0.6 is 0 Å². The first-order chi connectivity index (χ1) is 9.21. The molecular formula is C12H18N6O. The monoisotopic (exact) mass is 262 g/mol. The molecule has 2 aromatic rings. The Morgan fingerprint density at radius 2 is 2.11 bits per heavy atom. The molecule has 0 amide bonds. The third-order valence-electron chi connectivity index (χ3n) is 2.44. The molecule has 102 valence electrons. The summed E-state index contributed by atoms with van der Waals surface area (Å²) in [6.45, 7) is 2.98. The minimum atomic E-state index is 0.397. The van der Waals surface area contributed by atoms with Gasteiger partial charge >= 0.3 is 0 Å². The van der Waals surface area contributed by atoms with Gasteiger partial charge in [-0.25, -0.2) is 9.97 Å². The second-order valence-corrected chi connectivity index (χ2v) is 3.97. The number of aryl methyl sites for hydroxylation is 1. The molecule has 2 heterocycles. The van der Waals surface area contributed by atoms with Gasteiger partial charge in [-0.15, -0.1) is 0 Å². The predicted octanol–water partition coefficient (Wildman–Crippen LogP) is 1.53. The van der Waals surface area contributed by atoms with Crippen LogP contribution in [0.3, 0.4) is 0 Å². The summed E-state index contributed by atoms with van der Waals surface area (Å²) in [6.07, 6.45) is 3.62. The number of ether oxygens (including phenoxy) is 1. The summed E-state index contributed by atoms with van der Waals surface area (Å²) >= 11 is 0. The van der Waals surface area contributed by atoms with E-state index >= 15 is 0 Å². The van der Waals surface area contributed by atoms with Crippen molar-refractivity contribution in [3.8, 4) is 0 Å². The average molecular weight is 262 g/mol. The van der Waals surface area contributed by atoms with E-state index in [-0.39, 0.29) is 0 Å². The number of aromatic nitrogens is 4. The smallest absolute Gasteiger partial charge is 0.158 e. The Balaban J connectivity index is 2.18. The minimum Gasteiger partial charge on any atom is -0.374 e. The summed E-state index contributed by atoms with van der Waals surface area (Å²) < 4.78 is 7.06. The molecule has 7 heteroatoms. The molecule has 7 nitrogen and oxygen atoms in total. The molecule has 0 atom stereocenters. The molecule has 2 rings (SSSR count). The first-order valence-corrected chi connectivity index (χ1v) is 6.10. The highest BCUT2D eigenvalue weighted by Crippen LogP contribution is 2.16.